The molecule has 0 amide bonds. The second-order valence-corrected chi connectivity index (χ2v) is 6.65. The van der Waals surface area contributed by atoms with Gasteiger partial charge < -0.3 is 15.2 Å². The zero-order valence-electron chi connectivity index (χ0n) is 14.7. The number of hydrogen-bond acceptors (Lipinski definition) is 3. The Labute approximate surface area is 166 Å². The maximum Gasteiger partial charge on any atom is 0.190 e. The first-order valence-corrected chi connectivity index (χ1v) is 9.04. The van der Waals surface area contributed by atoms with Crippen molar-refractivity contribution in [3.05, 3.63) is 40.6 Å². The molecule has 2 aromatic rings. The molecule has 0 radical (unpaired) electrons. The molecule has 0 fully saturated rings. The van der Waals surface area contributed by atoms with Gasteiger partial charge in [-0.1, -0.05) is 13.0 Å². The molecule has 5 nitrogen and oxygen atoms in total. The highest BCUT2D eigenvalue weighted by molar-refractivity contribution is 14.0. The molecule has 0 aliphatic carbocycles. The molecule has 0 aliphatic rings. The van der Waals surface area contributed by atoms with Crippen LogP contribution in [0.3, 0.4) is 0 Å². The van der Waals surface area contributed by atoms with E-state index in [1.807, 2.05) is 26.4 Å². The van der Waals surface area contributed by atoms with Crippen molar-refractivity contribution in [1.29, 1.82) is 0 Å². The summed E-state index contributed by atoms with van der Waals surface area (Å²) in [5.41, 5.74) is 0. The average molecular weight is 461 g/mol. The van der Waals surface area contributed by atoms with E-state index in [-0.39, 0.29) is 24.0 Å². The number of imidazole rings is 1. The van der Waals surface area contributed by atoms with Crippen LogP contribution >= 0.6 is 35.3 Å². The number of thiophene rings is 1. The summed E-state index contributed by atoms with van der Waals surface area (Å²) < 4.78 is 2.19. The van der Waals surface area contributed by atoms with Crippen molar-refractivity contribution < 1.29 is 0 Å². The maximum atomic E-state index is 4.29. The predicted molar refractivity (Wildman–Crippen MR) is 114 cm³/mol. The van der Waals surface area contributed by atoms with Crippen molar-refractivity contribution in [2.45, 2.75) is 39.2 Å². The van der Waals surface area contributed by atoms with E-state index in [2.05, 4.69) is 49.6 Å². The largest absolute Gasteiger partial charge is 0.356 e. The number of unbranched alkanes of at least 4 members (excludes halogenated alkanes) is 1. The normalized spacial score (nSPS) is 12.5. The summed E-state index contributed by atoms with van der Waals surface area (Å²) in [7, 11) is 1.82. The van der Waals surface area contributed by atoms with Gasteiger partial charge in [0.05, 0.1) is 0 Å². The van der Waals surface area contributed by atoms with E-state index in [0.717, 1.165) is 44.3 Å². The SMILES string of the molecule is CN=C(NCCCCn1ccnc1C)NCC(C)c1cccs1.I. The first kappa shape index (κ1) is 21.0. The van der Waals surface area contributed by atoms with Gasteiger partial charge in [0.25, 0.3) is 0 Å². The van der Waals surface area contributed by atoms with Crippen molar-refractivity contribution in [1.82, 2.24) is 20.2 Å². The zero-order valence-corrected chi connectivity index (χ0v) is 17.8. The highest BCUT2D eigenvalue weighted by Gasteiger charge is 2.07. The van der Waals surface area contributed by atoms with E-state index in [9.17, 15) is 0 Å². The third-order valence-corrected chi connectivity index (χ3v) is 4.97. The molecule has 1 unspecified atom stereocenters. The molecule has 0 aliphatic heterocycles. The van der Waals surface area contributed by atoms with Gasteiger partial charge in [-0.3, -0.25) is 4.99 Å². The lowest BCUT2D eigenvalue weighted by atomic mass is 10.1. The van der Waals surface area contributed by atoms with Crippen molar-refractivity contribution in [3.8, 4) is 0 Å². The van der Waals surface area contributed by atoms with Crippen LogP contribution in [0.4, 0.5) is 0 Å². The third kappa shape index (κ3) is 6.80. The Morgan fingerprint density at radius 2 is 2.21 bits per heavy atom. The van der Waals surface area contributed by atoms with E-state index in [0.29, 0.717) is 5.92 Å². The molecule has 0 saturated heterocycles. The first-order chi connectivity index (χ1) is 11.2. The van der Waals surface area contributed by atoms with Gasteiger partial charge in [0.1, 0.15) is 5.82 Å². The molecule has 0 spiro atoms. The number of hydrogen-bond donors (Lipinski definition) is 2. The Kier molecular flexibility index (Phi) is 10.0. The summed E-state index contributed by atoms with van der Waals surface area (Å²) in [6.07, 6.45) is 6.13. The van der Waals surface area contributed by atoms with Gasteiger partial charge in [-0.15, -0.1) is 35.3 Å². The lowest BCUT2D eigenvalue weighted by Gasteiger charge is -2.15. The Hall–Kier alpha value is -1.09. The monoisotopic (exact) mass is 461 g/mol. The summed E-state index contributed by atoms with van der Waals surface area (Å²) in [5, 5.41) is 8.91. The Morgan fingerprint density at radius 3 is 2.83 bits per heavy atom. The van der Waals surface area contributed by atoms with Crippen LogP contribution in [0.1, 0.15) is 36.4 Å². The fourth-order valence-corrected chi connectivity index (χ4v) is 3.18. The summed E-state index contributed by atoms with van der Waals surface area (Å²) in [5.74, 6) is 2.46. The summed E-state index contributed by atoms with van der Waals surface area (Å²) in [4.78, 5) is 9.93. The molecule has 7 heteroatoms. The summed E-state index contributed by atoms with van der Waals surface area (Å²) in [6.45, 7) is 7.13. The molecule has 1 atom stereocenters. The topological polar surface area (TPSA) is 54.2 Å². The van der Waals surface area contributed by atoms with E-state index in [4.69, 9.17) is 0 Å². The minimum Gasteiger partial charge on any atom is -0.356 e. The summed E-state index contributed by atoms with van der Waals surface area (Å²) >= 11 is 1.81. The van der Waals surface area contributed by atoms with E-state index in [1.54, 1.807) is 11.3 Å². The highest BCUT2D eigenvalue weighted by Crippen LogP contribution is 2.19. The van der Waals surface area contributed by atoms with Gasteiger partial charge in [-0.25, -0.2) is 4.98 Å². The minimum atomic E-state index is 0. The standard InChI is InChI=1S/C17H27N5S.HI/c1-14(16-7-6-12-23-16)13-21-17(18-3)20-8-4-5-10-22-11-9-19-15(22)2;/h6-7,9,11-12,14H,4-5,8,10,13H2,1-3H3,(H2,18,20,21);1H. The number of nitrogens with one attached hydrogen (secondary N) is 2. The predicted octanol–water partition coefficient (Wildman–Crippen LogP) is 3.62. The second kappa shape index (κ2) is 11.5. The average Bonchev–Trinajstić information content (AvgIpc) is 3.22. The van der Waals surface area contributed by atoms with Crippen LogP contribution in [0.2, 0.25) is 0 Å². The fourth-order valence-electron chi connectivity index (χ4n) is 2.40. The van der Waals surface area contributed by atoms with Crippen LogP contribution in [0.5, 0.6) is 0 Å². The van der Waals surface area contributed by atoms with Crippen LogP contribution in [0.25, 0.3) is 0 Å². The number of rotatable bonds is 8. The molecule has 134 valence electrons. The molecule has 24 heavy (non-hydrogen) atoms. The second-order valence-electron chi connectivity index (χ2n) is 5.67. The molecule has 2 heterocycles. The highest BCUT2D eigenvalue weighted by atomic mass is 127. The van der Waals surface area contributed by atoms with E-state index >= 15 is 0 Å². The van der Waals surface area contributed by atoms with Gasteiger partial charge in [-0.05, 0) is 31.2 Å². The van der Waals surface area contributed by atoms with Crippen LogP contribution in [0, 0.1) is 6.92 Å². The Balaban J connectivity index is 0.00000288. The van der Waals surface area contributed by atoms with Crippen LogP contribution in [0.15, 0.2) is 34.9 Å². The number of nitrogens with zero attached hydrogens (tertiary/aromatic N) is 3. The molecule has 2 aromatic heterocycles. The molecular weight excluding hydrogens is 433 g/mol. The molecule has 0 aromatic carbocycles. The number of guanidine groups is 1. The minimum absolute atomic E-state index is 0. The van der Waals surface area contributed by atoms with Crippen molar-refractivity contribution >= 4 is 41.3 Å². The van der Waals surface area contributed by atoms with Gasteiger partial charge in [0, 0.05) is 49.9 Å². The third-order valence-electron chi connectivity index (χ3n) is 3.87. The van der Waals surface area contributed by atoms with Crippen LogP contribution in [-0.4, -0.2) is 35.6 Å². The molecule has 0 saturated carbocycles. The van der Waals surface area contributed by atoms with Gasteiger partial charge >= 0.3 is 0 Å². The van der Waals surface area contributed by atoms with Gasteiger partial charge in [0.15, 0.2) is 5.96 Å². The number of aliphatic imine (C=N–C) groups is 1. The van der Waals surface area contributed by atoms with Gasteiger partial charge in [0.2, 0.25) is 0 Å². The number of halogens is 1. The molecular formula is C17H28IN5S. The molecule has 2 rings (SSSR count). The van der Waals surface area contributed by atoms with Crippen molar-refractivity contribution in [2.24, 2.45) is 4.99 Å². The summed E-state index contributed by atoms with van der Waals surface area (Å²) in [6, 6.07) is 4.29. The van der Waals surface area contributed by atoms with Crippen molar-refractivity contribution in [3.63, 3.8) is 0 Å². The Bertz CT molecular complexity index is 594. The van der Waals surface area contributed by atoms with E-state index in [1.165, 1.54) is 4.88 Å². The van der Waals surface area contributed by atoms with Crippen LogP contribution in [-0.2, 0) is 6.54 Å². The van der Waals surface area contributed by atoms with Crippen molar-refractivity contribution in [2.75, 3.05) is 20.1 Å². The fraction of sp³-hybridized carbons (Fsp3) is 0.529. The zero-order chi connectivity index (χ0) is 16.5. The Morgan fingerprint density at radius 1 is 1.38 bits per heavy atom. The smallest absolute Gasteiger partial charge is 0.190 e. The number of aryl methyl sites for hydroxylation is 2. The molecule has 2 N–H and O–H groups in total. The lowest BCUT2D eigenvalue weighted by Crippen LogP contribution is -2.39. The molecule has 0 bridgehead atoms. The van der Waals surface area contributed by atoms with E-state index < -0.39 is 0 Å². The quantitative estimate of drug-likeness (QED) is 0.273. The number of aromatic nitrogens is 2. The first-order valence-electron chi connectivity index (χ1n) is 8.16. The van der Waals surface area contributed by atoms with Crippen LogP contribution < -0.4 is 10.6 Å². The lowest BCUT2D eigenvalue weighted by molar-refractivity contribution is 0.587. The van der Waals surface area contributed by atoms with Gasteiger partial charge in [-0.2, -0.15) is 0 Å². The maximum absolute atomic E-state index is 4.29.